The van der Waals surface area contributed by atoms with Gasteiger partial charge in [-0.2, -0.15) is 0 Å². The van der Waals surface area contributed by atoms with Crippen molar-refractivity contribution < 1.29 is 4.79 Å². The molecule has 0 saturated heterocycles. The van der Waals surface area contributed by atoms with Crippen molar-refractivity contribution in [2.45, 2.75) is 20.4 Å². The first-order valence-electron chi connectivity index (χ1n) is 6.73. The van der Waals surface area contributed by atoms with E-state index in [1.807, 2.05) is 37.4 Å². The van der Waals surface area contributed by atoms with E-state index in [9.17, 15) is 4.79 Å². The maximum atomic E-state index is 12.3. The van der Waals surface area contributed by atoms with Gasteiger partial charge in [-0.3, -0.25) is 4.79 Å². The molecule has 1 aromatic carbocycles. The molecule has 1 aromatic heterocycles. The van der Waals surface area contributed by atoms with Gasteiger partial charge in [0.1, 0.15) is 0 Å². The number of hydrogen-bond donors (Lipinski definition) is 2. The fourth-order valence-electron chi connectivity index (χ4n) is 2.00. The van der Waals surface area contributed by atoms with E-state index in [0.717, 1.165) is 11.1 Å². The van der Waals surface area contributed by atoms with E-state index < -0.39 is 0 Å². The Morgan fingerprint density at radius 3 is 2.81 bits per heavy atom. The molecule has 108 valence electrons. The van der Waals surface area contributed by atoms with E-state index in [1.54, 1.807) is 11.3 Å². The quantitative estimate of drug-likeness (QED) is 0.856. The van der Waals surface area contributed by atoms with E-state index >= 15 is 0 Å². The highest BCUT2D eigenvalue weighted by molar-refractivity contribution is 7.10. The summed E-state index contributed by atoms with van der Waals surface area (Å²) in [6.07, 6.45) is 0. The number of carbonyl (C=O) groups excluding carboxylic acids is 1. The Morgan fingerprint density at radius 2 is 2.14 bits per heavy atom. The summed E-state index contributed by atoms with van der Waals surface area (Å²) in [4.78, 5) is 13.5. The van der Waals surface area contributed by atoms with Crippen LogP contribution in [-0.2, 0) is 6.54 Å². The number of aryl methyl sites for hydroxylation is 1. The van der Waals surface area contributed by atoms with Crippen LogP contribution in [0.1, 0.15) is 31.9 Å². The number of nitrogens with two attached hydrogens (primary N) is 1. The van der Waals surface area contributed by atoms with Crippen molar-refractivity contribution >= 4 is 17.2 Å². The molecule has 0 atom stereocenters. The molecular weight excluding hydrogens is 280 g/mol. The predicted molar refractivity (Wildman–Crippen MR) is 87.3 cm³/mol. The third-order valence-corrected chi connectivity index (χ3v) is 4.30. The highest BCUT2D eigenvalue weighted by Crippen LogP contribution is 2.16. The Bertz CT molecular complexity index is 707. The minimum atomic E-state index is -0.0725. The molecular formula is C17H18N2OS. The number of nitrogens with one attached hydrogen (secondary N) is 1. The Kier molecular flexibility index (Phi) is 5.15. The van der Waals surface area contributed by atoms with E-state index in [1.165, 1.54) is 10.4 Å². The van der Waals surface area contributed by atoms with Crippen LogP contribution in [0.5, 0.6) is 0 Å². The van der Waals surface area contributed by atoms with Crippen LogP contribution in [0.25, 0.3) is 0 Å². The molecule has 0 fully saturated rings. The summed E-state index contributed by atoms with van der Waals surface area (Å²) < 4.78 is 0. The third-order valence-electron chi connectivity index (χ3n) is 3.28. The van der Waals surface area contributed by atoms with Crippen LogP contribution in [-0.4, -0.2) is 12.5 Å². The van der Waals surface area contributed by atoms with Crippen molar-refractivity contribution in [3.8, 4) is 11.8 Å². The number of hydrogen-bond acceptors (Lipinski definition) is 3. The molecule has 0 bridgehead atoms. The summed E-state index contributed by atoms with van der Waals surface area (Å²) in [6.45, 7) is 4.83. The van der Waals surface area contributed by atoms with Crippen LogP contribution < -0.4 is 11.1 Å². The Labute approximate surface area is 129 Å². The lowest BCUT2D eigenvalue weighted by molar-refractivity contribution is 0.0950. The van der Waals surface area contributed by atoms with Gasteiger partial charge in [-0.05, 0) is 48.6 Å². The first-order valence-corrected chi connectivity index (χ1v) is 7.61. The molecule has 2 aromatic rings. The lowest BCUT2D eigenvalue weighted by Gasteiger charge is -2.09. The summed E-state index contributed by atoms with van der Waals surface area (Å²) in [5.74, 6) is 5.74. The molecule has 4 heteroatoms. The van der Waals surface area contributed by atoms with E-state index in [4.69, 9.17) is 5.73 Å². The summed E-state index contributed by atoms with van der Waals surface area (Å²) in [5.41, 5.74) is 8.99. The second-order valence-electron chi connectivity index (χ2n) is 4.69. The molecule has 2 rings (SSSR count). The Balaban J connectivity index is 2.14. The van der Waals surface area contributed by atoms with E-state index in [-0.39, 0.29) is 5.91 Å². The molecule has 1 amide bonds. The lowest BCUT2D eigenvalue weighted by Crippen LogP contribution is -2.23. The molecule has 3 nitrogen and oxygen atoms in total. The summed E-state index contributed by atoms with van der Waals surface area (Å²) >= 11 is 1.65. The van der Waals surface area contributed by atoms with Gasteiger partial charge in [0.05, 0.1) is 13.1 Å². The molecule has 0 radical (unpaired) electrons. The predicted octanol–water partition coefficient (Wildman–Crippen LogP) is 2.61. The van der Waals surface area contributed by atoms with E-state index in [2.05, 4.69) is 23.2 Å². The zero-order chi connectivity index (χ0) is 15.2. The third kappa shape index (κ3) is 3.72. The van der Waals surface area contributed by atoms with E-state index in [0.29, 0.717) is 18.7 Å². The van der Waals surface area contributed by atoms with Gasteiger partial charge in [0.15, 0.2) is 0 Å². The van der Waals surface area contributed by atoms with Gasteiger partial charge in [0.25, 0.3) is 5.91 Å². The minimum absolute atomic E-state index is 0.0725. The molecule has 0 unspecified atom stereocenters. The number of rotatable bonds is 3. The van der Waals surface area contributed by atoms with Crippen molar-refractivity contribution in [2.24, 2.45) is 5.73 Å². The number of carbonyl (C=O) groups is 1. The standard InChI is InChI=1S/C17H18N2OS/c1-12-8-10-21-16(12)11-19-17(20)15-7-3-5-14(13(15)2)6-4-9-18/h3,5,7-8,10H,9,11,18H2,1-2H3,(H,19,20). The maximum Gasteiger partial charge on any atom is 0.251 e. The van der Waals surface area contributed by atoms with Crippen LogP contribution in [0.2, 0.25) is 0 Å². The minimum Gasteiger partial charge on any atom is -0.347 e. The Morgan fingerprint density at radius 1 is 1.33 bits per heavy atom. The SMILES string of the molecule is Cc1ccsc1CNC(=O)c1cccc(C#CCN)c1C. The van der Waals surface area contributed by atoms with Crippen molar-refractivity contribution in [3.05, 3.63) is 56.8 Å². The Hall–Kier alpha value is -2.09. The molecule has 3 N–H and O–H groups in total. The number of benzene rings is 1. The second kappa shape index (κ2) is 7.07. The molecule has 0 aliphatic heterocycles. The summed E-state index contributed by atoms with van der Waals surface area (Å²) in [7, 11) is 0. The van der Waals surface area contributed by atoms with Gasteiger partial charge in [-0.15, -0.1) is 11.3 Å². The lowest BCUT2D eigenvalue weighted by atomic mass is 10.0. The average Bonchev–Trinajstić information content (AvgIpc) is 2.89. The van der Waals surface area contributed by atoms with Gasteiger partial charge in [0, 0.05) is 16.0 Å². The van der Waals surface area contributed by atoms with Crippen molar-refractivity contribution in [3.63, 3.8) is 0 Å². The smallest absolute Gasteiger partial charge is 0.251 e. The topological polar surface area (TPSA) is 55.1 Å². The van der Waals surface area contributed by atoms with Gasteiger partial charge >= 0.3 is 0 Å². The highest BCUT2D eigenvalue weighted by atomic mass is 32.1. The van der Waals surface area contributed by atoms with Crippen LogP contribution >= 0.6 is 11.3 Å². The highest BCUT2D eigenvalue weighted by Gasteiger charge is 2.11. The first-order chi connectivity index (χ1) is 10.1. The molecule has 0 saturated carbocycles. The molecule has 0 aliphatic carbocycles. The normalized spacial score (nSPS) is 9.86. The maximum absolute atomic E-state index is 12.3. The fraction of sp³-hybridized carbons (Fsp3) is 0.235. The second-order valence-corrected chi connectivity index (χ2v) is 5.69. The van der Waals surface area contributed by atoms with Gasteiger partial charge in [-0.1, -0.05) is 17.9 Å². The zero-order valence-electron chi connectivity index (χ0n) is 12.2. The number of thiophene rings is 1. The monoisotopic (exact) mass is 298 g/mol. The molecule has 0 spiro atoms. The van der Waals surface area contributed by atoms with Crippen LogP contribution in [0.4, 0.5) is 0 Å². The first kappa shape index (κ1) is 15.3. The number of amides is 1. The van der Waals surface area contributed by atoms with Crippen molar-refractivity contribution in [2.75, 3.05) is 6.54 Å². The molecule has 0 aliphatic rings. The molecule has 21 heavy (non-hydrogen) atoms. The van der Waals surface area contributed by atoms with Gasteiger partial charge < -0.3 is 11.1 Å². The average molecular weight is 298 g/mol. The van der Waals surface area contributed by atoms with Crippen molar-refractivity contribution in [1.29, 1.82) is 0 Å². The van der Waals surface area contributed by atoms with Crippen LogP contribution in [0.15, 0.2) is 29.6 Å². The fourth-order valence-corrected chi connectivity index (χ4v) is 2.85. The zero-order valence-corrected chi connectivity index (χ0v) is 13.0. The van der Waals surface area contributed by atoms with Gasteiger partial charge in [0.2, 0.25) is 0 Å². The van der Waals surface area contributed by atoms with Gasteiger partial charge in [-0.25, -0.2) is 0 Å². The van der Waals surface area contributed by atoms with Crippen LogP contribution in [0.3, 0.4) is 0 Å². The largest absolute Gasteiger partial charge is 0.347 e. The van der Waals surface area contributed by atoms with Crippen molar-refractivity contribution in [1.82, 2.24) is 5.32 Å². The molecule has 1 heterocycles. The summed E-state index contributed by atoms with van der Waals surface area (Å²) in [5, 5.41) is 5.00. The summed E-state index contributed by atoms with van der Waals surface area (Å²) in [6, 6.07) is 7.62. The van der Waals surface area contributed by atoms with Crippen LogP contribution in [0, 0.1) is 25.7 Å².